The van der Waals surface area contributed by atoms with Gasteiger partial charge in [-0.05, 0) is 32.6 Å². The number of unbranched alkanes of at least 4 members (excludes halogenated alkanes) is 101. The average Bonchev–Trinajstić information content (AvgIpc) is 0.723. The molecule has 137 heavy (non-hydrogen) atoms. The third kappa shape index (κ3) is 91.1. The lowest BCUT2D eigenvalue weighted by molar-refractivity contribution is -0.363. The highest BCUT2D eigenvalue weighted by Crippen LogP contribution is 2.42. The molecule has 2 unspecified atom stereocenters. The lowest BCUT2D eigenvalue weighted by Crippen LogP contribution is -2.73. The molecule has 3 N–H and O–H groups in total. The Labute approximate surface area is 856 Å². The zero-order valence-electron chi connectivity index (χ0n) is 92.7. The largest absolute Gasteiger partial charge is 0.351 e. The van der Waals surface area contributed by atoms with Crippen LogP contribution in [0.1, 0.15) is 715 Å². The summed E-state index contributed by atoms with van der Waals surface area (Å²) in [5.74, 6) is -5.52. The molecule has 0 radical (unpaired) electrons. The van der Waals surface area contributed by atoms with Crippen molar-refractivity contribution in [1.29, 1.82) is 0 Å². The van der Waals surface area contributed by atoms with E-state index in [2.05, 4.69) is 27.7 Å². The molecule has 1 amide bonds. The minimum atomic E-state index is -5.55. The van der Waals surface area contributed by atoms with Gasteiger partial charge in [-0.25, -0.2) is 0 Å². The zero-order chi connectivity index (χ0) is 99.8. The molecule has 14 nitrogen and oxygen atoms in total. The molecule has 0 fully saturated rings. The lowest BCUT2D eigenvalue weighted by Gasteiger charge is -2.50. The highest BCUT2D eigenvalue weighted by atomic mass is 32.2. The number of carbonyl (C=O) groups excluding carboxylic acids is 1. The quantitative estimate of drug-likeness (QED) is 0.0294. The third-order valence-corrected chi connectivity index (χ3v) is 33.6. The van der Waals surface area contributed by atoms with E-state index >= 15 is 4.79 Å². The Bertz CT molecular complexity index is 2700. The van der Waals surface area contributed by atoms with Gasteiger partial charge in [0.25, 0.3) is 25.2 Å². The number of ether oxygens (including phenoxy) is 3. The fourth-order valence-electron chi connectivity index (χ4n) is 21.0. The van der Waals surface area contributed by atoms with Crippen molar-refractivity contribution in [3.8, 4) is 0 Å². The molecule has 2 atom stereocenters. The van der Waals surface area contributed by atoms with Gasteiger partial charge in [0.15, 0.2) is 5.25 Å². The molecule has 0 bridgehead atoms. The maximum absolute atomic E-state index is 15.7. The van der Waals surface area contributed by atoms with Gasteiger partial charge in [-0.15, -0.1) is 0 Å². The van der Waals surface area contributed by atoms with Crippen molar-refractivity contribution < 1.29 is 57.9 Å². The van der Waals surface area contributed by atoms with Gasteiger partial charge in [0.05, 0.1) is 19.0 Å². The maximum atomic E-state index is 15.7. The van der Waals surface area contributed by atoms with Crippen LogP contribution in [0.4, 0.5) is 0 Å². The summed E-state index contributed by atoms with van der Waals surface area (Å²) < 4.78 is 137. The average molecular weight is 2000 g/mol. The predicted octanol–water partition coefficient (Wildman–Crippen LogP) is 40.7. The number of nitrogens with zero attached hydrogens (tertiary/aromatic N) is 1. The molecular weight excluding hydrogens is 1760 g/mol. The summed E-state index contributed by atoms with van der Waals surface area (Å²) in [6, 6.07) is 0. The number of carbonyl (C=O) groups is 1. The first-order chi connectivity index (χ1) is 66.9. The van der Waals surface area contributed by atoms with E-state index in [9.17, 15) is 38.9 Å². The maximum Gasteiger partial charge on any atom is 0.302 e. The number of hydrogen-bond donors (Lipinski definition) is 3. The third-order valence-electron chi connectivity index (χ3n) is 30.4. The van der Waals surface area contributed by atoms with Gasteiger partial charge < -0.3 is 14.2 Å². The van der Waals surface area contributed by atoms with Crippen molar-refractivity contribution in [2.45, 2.75) is 731 Å². The summed E-state index contributed by atoms with van der Waals surface area (Å²) in [7, 11) is -15.8. The monoisotopic (exact) mass is 2000 g/mol. The van der Waals surface area contributed by atoms with Crippen LogP contribution in [0.2, 0.25) is 0 Å². The van der Waals surface area contributed by atoms with E-state index in [4.69, 9.17) is 14.2 Å². The second kappa shape index (κ2) is 105. The fraction of sp³-hybridized carbons (Fsp3) is 0.992. The van der Waals surface area contributed by atoms with Crippen LogP contribution in [0.15, 0.2) is 0 Å². The molecule has 0 saturated carbocycles. The number of amides is 1. The minimum Gasteiger partial charge on any atom is -0.351 e. The van der Waals surface area contributed by atoms with Crippen molar-refractivity contribution in [3.05, 3.63) is 0 Å². The van der Waals surface area contributed by atoms with Gasteiger partial charge in [-0.3, -0.25) is 23.4 Å². The first-order valence-electron chi connectivity index (χ1n) is 62.0. The molecule has 822 valence electrons. The van der Waals surface area contributed by atoms with E-state index in [0.29, 0.717) is 49.8 Å². The minimum absolute atomic E-state index is 0.209. The van der Waals surface area contributed by atoms with Gasteiger partial charge in [0.1, 0.15) is 0 Å². The van der Waals surface area contributed by atoms with Crippen LogP contribution < -0.4 is 0 Å². The summed E-state index contributed by atoms with van der Waals surface area (Å²) >= 11 is 0. The van der Waals surface area contributed by atoms with Gasteiger partial charge in [0.2, 0.25) is 5.91 Å². The van der Waals surface area contributed by atoms with E-state index in [0.717, 1.165) is 116 Å². The lowest BCUT2D eigenvalue weighted by atomic mass is 10.0. The number of rotatable bonds is 120. The molecule has 0 aromatic heterocycles. The SMILES string of the molecule is CCCCCCCCCCCCCCCCCCCCCCCCCCCCCCOC(OCCCCCCCCCCCCCCCCCCCCCCCCCCCCCC)(N(CCS(=O)(=O)O)C(=O)C(CCCCCCCCCCCCCCCCCCCCCCC)S(=O)(=O)O)C(C)(OCCCCCCCCCCCCCCCCCCCCCCCCCCCCCC)S(=O)(=O)O. The van der Waals surface area contributed by atoms with Crippen LogP contribution in [-0.4, -0.2) is 97.9 Å². The summed E-state index contributed by atoms with van der Waals surface area (Å²) in [5.41, 5.74) is 0. The second-order valence-electron chi connectivity index (χ2n) is 43.8. The van der Waals surface area contributed by atoms with Crippen LogP contribution >= 0.6 is 0 Å². The Kier molecular flexibility index (Phi) is 104. The van der Waals surface area contributed by atoms with Crippen LogP contribution in [-0.2, 0) is 49.4 Å². The fourth-order valence-corrected chi connectivity index (χ4v) is 23.0. The van der Waals surface area contributed by atoms with Gasteiger partial charge in [-0.2, -0.15) is 25.3 Å². The topological polar surface area (TPSA) is 211 Å². The van der Waals surface area contributed by atoms with E-state index < -0.39 is 64.7 Å². The van der Waals surface area contributed by atoms with Gasteiger partial charge >= 0.3 is 16.0 Å². The normalized spacial score (nSPS) is 13.0. The van der Waals surface area contributed by atoms with Gasteiger partial charge in [-0.1, -0.05) is 683 Å². The molecule has 17 heteroatoms. The smallest absolute Gasteiger partial charge is 0.302 e. The Morgan fingerprint density at radius 3 is 0.496 bits per heavy atom. The Balaban J connectivity index is 6.24. The predicted molar refractivity (Wildman–Crippen MR) is 596 cm³/mol. The standard InChI is InChI=1S/C120H241NO13S3/c1-6-10-14-18-22-26-30-34-38-42-46-50-53-56-59-62-65-68-72-76-80-84-88-92-96-100-104-108-113-132-119(5,137(129,130)131)120(133-114-109-105-101-97-93-89-85-81-77-73-69-66-63-60-57-54-51-47-43-39-35-31-27-23-19-15-11-7-2,134-115-110-106-102-98-94-90-86-82-78-74-70-67-64-61-58-55-52-48-44-40-36-32-28-24-20-16-12-8-3)121(112-116-135(123,124)125)118(122)117(136(126,127)128)111-107-103-99-95-91-87-83-79-75-71-49-45-41-37-33-29-25-21-17-13-9-4/h117H,6-116H2,1-5H3,(H,123,124,125)(H,126,127,128)(H,129,130,131). The van der Waals surface area contributed by atoms with Crippen LogP contribution in [0.25, 0.3) is 0 Å². The molecule has 0 saturated heterocycles. The molecular formula is C120H241NO13S3. The molecule has 0 aliphatic rings. The molecule has 0 spiro atoms. The second-order valence-corrected chi connectivity index (χ2v) is 48.7. The van der Waals surface area contributed by atoms with E-state index in [1.807, 2.05) is 0 Å². The van der Waals surface area contributed by atoms with E-state index in [-0.39, 0.29) is 32.7 Å². The first-order valence-corrected chi connectivity index (χ1v) is 66.5. The molecule has 0 aromatic rings. The highest BCUT2D eigenvalue weighted by Gasteiger charge is 2.66. The van der Waals surface area contributed by atoms with E-state index in [1.165, 1.54) is 514 Å². The summed E-state index contributed by atoms with van der Waals surface area (Å²) in [4.78, 5) is 13.3. The molecule has 0 heterocycles. The Hall–Kier alpha value is -0.920. The summed E-state index contributed by atoms with van der Waals surface area (Å²) in [6.45, 7) is 8.51. The van der Waals surface area contributed by atoms with Crippen LogP contribution in [0, 0.1) is 0 Å². The van der Waals surface area contributed by atoms with Crippen molar-refractivity contribution >= 4 is 36.3 Å². The molecule has 0 aliphatic heterocycles. The highest BCUT2D eigenvalue weighted by molar-refractivity contribution is 7.87. The summed E-state index contributed by atoms with van der Waals surface area (Å²) in [6.07, 6.45) is 129. The van der Waals surface area contributed by atoms with Gasteiger partial charge in [0, 0.05) is 13.2 Å². The van der Waals surface area contributed by atoms with Crippen molar-refractivity contribution in [2.24, 2.45) is 0 Å². The molecule has 0 aromatic carbocycles. The van der Waals surface area contributed by atoms with Crippen LogP contribution in [0.3, 0.4) is 0 Å². The Morgan fingerprint density at radius 1 is 0.219 bits per heavy atom. The molecule has 0 rings (SSSR count). The van der Waals surface area contributed by atoms with Crippen LogP contribution in [0.5, 0.6) is 0 Å². The Morgan fingerprint density at radius 2 is 0.358 bits per heavy atom. The first kappa shape index (κ1) is 136. The molecule has 0 aliphatic carbocycles. The van der Waals surface area contributed by atoms with E-state index in [1.54, 1.807) is 0 Å². The van der Waals surface area contributed by atoms with Crippen molar-refractivity contribution in [3.63, 3.8) is 0 Å². The van der Waals surface area contributed by atoms with Crippen molar-refractivity contribution in [2.75, 3.05) is 32.1 Å². The summed E-state index contributed by atoms with van der Waals surface area (Å²) in [5, 5.41) is -2.19. The number of hydrogen-bond acceptors (Lipinski definition) is 10. The van der Waals surface area contributed by atoms with Crippen molar-refractivity contribution in [1.82, 2.24) is 4.90 Å². The zero-order valence-corrected chi connectivity index (χ0v) is 95.1.